The minimum absolute atomic E-state index is 0.146. The third-order valence-electron chi connectivity index (χ3n) is 1.79. The van der Waals surface area contributed by atoms with Gasteiger partial charge in [-0.05, 0) is 0 Å². The molecule has 2 N–H and O–H groups in total. The molecule has 0 saturated carbocycles. The zero-order valence-electron chi connectivity index (χ0n) is 7.27. The second kappa shape index (κ2) is 4.23. The molecule has 0 fully saturated rings. The summed E-state index contributed by atoms with van der Waals surface area (Å²) in [5, 5.41) is 17.4. The summed E-state index contributed by atoms with van der Waals surface area (Å²) in [7, 11) is 0. The number of aryl methyl sites for hydroxylation is 1. The highest BCUT2D eigenvalue weighted by Crippen LogP contribution is 1.93. The van der Waals surface area contributed by atoms with Gasteiger partial charge in [-0.2, -0.15) is 0 Å². The van der Waals surface area contributed by atoms with Crippen molar-refractivity contribution in [3.05, 3.63) is 18.2 Å². The third-order valence-corrected chi connectivity index (χ3v) is 1.79. The fraction of sp³-hybridized carbons (Fsp3) is 0.625. The minimum atomic E-state index is 0.146. The molecule has 68 valence electrons. The molecule has 0 radical (unpaired) electrons. The first-order chi connectivity index (χ1) is 5.77. The molecular weight excluding hydrogens is 156 g/mol. The SMILES string of the molecule is Cc1c[n+](CCO)cn1CCO. The van der Waals surface area contributed by atoms with Gasteiger partial charge < -0.3 is 10.2 Å². The number of aliphatic hydroxyl groups excluding tert-OH is 2. The van der Waals surface area contributed by atoms with Crippen molar-refractivity contribution < 1.29 is 14.8 Å². The average Bonchev–Trinajstić information content (AvgIpc) is 2.34. The topological polar surface area (TPSA) is 49.3 Å². The van der Waals surface area contributed by atoms with Crippen LogP contribution < -0.4 is 4.57 Å². The number of imidazole rings is 1. The van der Waals surface area contributed by atoms with E-state index in [1.807, 2.05) is 28.6 Å². The van der Waals surface area contributed by atoms with Gasteiger partial charge in [-0.3, -0.25) is 0 Å². The predicted molar refractivity (Wildman–Crippen MR) is 43.5 cm³/mol. The highest BCUT2D eigenvalue weighted by Gasteiger charge is 2.07. The van der Waals surface area contributed by atoms with Crippen molar-refractivity contribution in [2.75, 3.05) is 13.2 Å². The lowest BCUT2D eigenvalue weighted by atomic mass is 10.5. The molecule has 0 aliphatic heterocycles. The van der Waals surface area contributed by atoms with Crippen molar-refractivity contribution >= 4 is 0 Å². The number of aliphatic hydroxyl groups is 2. The van der Waals surface area contributed by atoms with Crippen molar-refractivity contribution in [2.24, 2.45) is 0 Å². The Morgan fingerprint density at radius 1 is 1.42 bits per heavy atom. The van der Waals surface area contributed by atoms with Gasteiger partial charge in [-0.15, -0.1) is 0 Å². The molecule has 1 rings (SSSR count). The van der Waals surface area contributed by atoms with Crippen LogP contribution in [-0.2, 0) is 13.1 Å². The zero-order chi connectivity index (χ0) is 8.97. The van der Waals surface area contributed by atoms with E-state index in [4.69, 9.17) is 10.2 Å². The van der Waals surface area contributed by atoms with Crippen LogP contribution in [0.2, 0.25) is 0 Å². The van der Waals surface area contributed by atoms with Crippen molar-refractivity contribution in [1.29, 1.82) is 0 Å². The molecule has 12 heavy (non-hydrogen) atoms. The summed E-state index contributed by atoms with van der Waals surface area (Å²) in [6.07, 6.45) is 3.84. The van der Waals surface area contributed by atoms with Crippen LogP contribution in [0.1, 0.15) is 5.69 Å². The van der Waals surface area contributed by atoms with Crippen LogP contribution in [0.3, 0.4) is 0 Å². The average molecular weight is 171 g/mol. The Labute approximate surface area is 71.7 Å². The third kappa shape index (κ3) is 2.06. The normalized spacial score (nSPS) is 10.6. The van der Waals surface area contributed by atoms with Crippen molar-refractivity contribution in [1.82, 2.24) is 4.57 Å². The summed E-state index contributed by atoms with van der Waals surface area (Å²) in [5.41, 5.74) is 1.09. The molecule has 0 spiro atoms. The summed E-state index contributed by atoms with van der Waals surface area (Å²) in [5.74, 6) is 0. The van der Waals surface area contributed by atoms with Crippen molar-refractivity contribution in [2.45, 2.75) is 20.0 Å². The standard InChI is InChI=1S/C8H15N2O2/c1-8-6-9(2-4-11)7-10(8)3-5-12/h6-7,11-12H,2-5H2,1H3/q+1. The number of aromatic nitrogens is 2. The van der Waals surface area contributed by atoms with Gasteiger partial charge in [0, 0.05) is 6.92 Å². The Hall–Kier alpha value is -0.870. The lowest BCUT2D eigenvalue weighted by Crippen LogP contribution is -2.33. The van der Waals surface area contributed by atoms with E-state index in [1.165, 1.54) is 0 Å². The first kappa shape index (κ1) is 9.22. The first-order valence-corrected chi connectivity index (χ1v) is 4.05. The molecule has 1 heterocycles. The van der Waals surface area contributed by atoms with Crippen LogP contribution in [0.25, 0.3) is 0 Å². The maximum Gasteiger partial charge on any atom is 0.244 e. The van der Waals surface area contributed by atoms with Gasteiger partial charge in [0.15, 0.2) is 0 Å². The zero-order valence-corrected chi connectivity index (χ0v) is 7.27. The van der Waals surface area contributed by atoms with Gasteiger partial charge in [-0.25, -0.2) is 9.13 Å². The van der Waals surface area contributed by atoms with Gasteiger partial charge >= 0.3 is 0 Å². The molecule has 1 aromatic rings. The van der Waals surface area contributed by atoms with E-state index < -0.39 is 0 Å². The summed E-state index contributed by atoms with van der Waals surface area (Å²) in [4.78, 5) is 0. The fourth-order valence-electron chi connectivity index (χ4n) is 1.20. The highest BCUT2D eigenvalue weighted by atomic mass is 16.3. The minimum Gasteiger partial charge on any atom is -0.392 e. The van der Waals surface area contributed by atoms with E-state index >= 15 is 0 Å². The molecule has 0 unspecified atom stereocenters. The molecule has 0 amide bonds. The highest BCUT2D eigenvalue weighted by molar-refractivity contribution is 4.88. The molecule has 1 aromatic heterocycles. The van der Waals surface area contributed by atoms with Crippen LogP contribution in [0.4, 0.5) is 0 Å². The molecule has 0 saturated heterocycles. The summed E-state index contributed by atoms with van der Waals surface area (Å²) in [6.45, 7) is 3.49. The Balaban J connectivity index is 2.70. The molecule has 0 bridgehead atoms. The molecular formula is C8H15N2O2+. The number of nitrogens with zero attached hydrogens (tertiary/aromatic N) is 2. The van der Waals surface area contributed by atoms with Crippen LogP contribution in [0.5, 0.6) is 0 Å². The van der Waals surface area contributed by atoms with E-state index in [1.54, 1.807) is 0 Å². The summed E-state index contributed by atoms with van der Waals surface area (Å²) >= 11 is 0. The summed E-state index contributed by atoms with van der Waals surface area (Å²) < 4.78 is 3.86. The largest absolute Gasteiger partial charge is 0.392 e. The van der Waals surface area contributed by atoms with Gasteiger partial charge in [0.1, 0.15) is 25.0 Å². The lowest BCUT2D eigenvalue weighted by molar-refractivity contribution is -0.697. The van der Waals surface area contributed by atoms with Crippen LogP contribution in [0, 0.1) is 6.92 Å². The monoisotopic (exact) mass is 171 g/mol. The Kier molecular flexibility index (Phi) is 3.25. The van der Waals surface area contributed by atoms with Crippen molar-refractivity contribution in [3.63, 3.8) is 0 Å². The van der Waals surface area contributed by atoms with Gasteiger partial charge in [-0.1, -0.05) is 0 Å². The van der Waals surface area contributed by atoms with E-state index in [9.17, 15) is 0 Å². The molecule has 4 heteroatoms. The van der Waals surface area contributed by atoms with E-state index in [0.29, 0.717) is 13.1 Å². The fourth-order valence-corrected chi connectivity index (χ4v) is 1.20. The lowest BCUT2D eigenvalue weighted by Gasteiger charge is -1.91. The van der Waals surface area contributed by atoms with E-state index in [0.717, 1.165) is 5.69 Å². The van der Waals surface area contributed by atoms with Crippen LogP contribution in [0.15, 0.2) is 12.5 Å². The number of rotatable bonds is 4. The smallest absolute Gasteiger partial charge is 0.244 e. The molecule has 4 nitrogen and oxygen atoms in total. The van der Waals surface area contributed by atoms with E-state index in [-0.39, 0.29) is 13.2 Å². The molecule has 0 atom stereocenters. The molecule has 0 aliphatic carbocycles. The van der Waals surface area contributed by atoms with Crippen molar-refractivity contribution in [3.8, 4) is 0 Å². The second-order valence-electron chi connectivity index (χ2n) is 2.76. The summed E-state index contributed by atoms with van der Waals surface area (Å²) in [6, 6.07) is 0. The van der Waals surface area contributed by atoms with Crippen LogP contribution in [-0.4, -0.2) is 28.0 Å². The molecule has 0 aromatic carbocycles. The van der Waals surface area contributed by atoms with Gasteiger partial charge in [0.2, 0.25) is 6.33 Å². The first-order valence-electron chi connectivity index (χ1n) is 4.05. The number of hydrogen-bond acceptors (Lipinski definition) is 2. The predicted octanol–water partition coefficient (Wildman–Crippen LogP) is -0.931. The maximum atomic E-state index is 8.70. The molecule has 0 aliphatic rings. The van der Waals surface area contributed by atoms with Crippen LogP contribution >= 0.6 is 0 Å². The Morgan fingerprint density at radius 2 is 2.17 bits per heavy atom. The number of hydrogen-bond donors (Lipinski definition) is 2. The van der Waals surface area contributed by atoms with Gasteiger partial charge in [0.05, 0.1) is 13.2 Å². The second-order valence-corrected chi connectivity index (χ2v) is 2.76. The Morgan fingerprint density at radius 3 is 2.75 bits per heavy atom. The van der Waals surface area contributed by atoms with E-state index in [2.05, 4.69) is 0 Å². The Bertz CT molecular complexity index is 245. The maximum absolute atomic E-state index is 8.70. The van der Waals surface area contributed by atoms with Gasteiger partial charge in [0.25, 0.3) is 0 Å². The quantitative estimate of drug-likeness (QED) is 0.575.